The Kier molecular flexibility index (Phi) is 4.88. The maximum atomic E-state index is 12.6. The van der Waals surface area contributed by atoms with Gasteiger partial charge >= 0.3 is 5.97 Å². The Balaban J connectivity index is 1.76. The third-order valence-corrected chi connectivity index (χ3v) is 5.88. The van der Waals surface area contributed by atoms with Gasteiger partial charge in [0.1, 0.15) is 16.3 Å². The van der Waals surface area contributed by atoms with Crippen LogP contribution in [0.25, 0.3) is 16.1 Å². The van der Waals surface area contributed by atoms with E-state index < -0.39 is 12.1 Å². The zero-order valence-corrected chi connectivity index (χ0v) is 16.3. The highest BCUT2D eigenvalue weighted by Gasteiger charge is 2.38. The molecule has 0 radical (unpaired) electrons. The second kappa shape index (κ2) is 7.48. The number of esters is 1. The number of hydrogen-bond acceptors (Lipinski definition) is 6. The lowest BCUT2D eigenvalue weighted by molar-refractivity contribution is -0.138. The molecule has 6 heteroatoms. The lowest BCUT2D eigenvalue weighted by Gasteiger charge is -2.09. The summed E-state index contributed by atoms with van der Waals surface area (Å²) in [5.41, 5.74) is 2.31. The molecule has 0 fully saturated rings. The SMILES string of the molecule is CCc1sc(-c2ccc(OC)cc2)nc1C1=C(O)C(c2ccccc2)OC1=O. The van der Waals surface area contributed by atoms with Crippen LogP contribution in [0.15, 0.2) is 60.4 Å². The van der Waals surface area contributed by atoms with Crippen LogP contribution in [-0.2, 0) is 16.0 Å². The molecule has 0 saturated heterocycles. The standard InChI is InChI=1S/C22H19NO4S/c1-3-16-18(23-21(28-16)14-9-11-15(26-2)12-10-14)17-19(24)20(27-22(17)25)13-7-5-4-6-8-13/h4-12,20,24H,3H2,1-2H3. The van der Waals surface area contributed by atoms with Crippen LogP contribution >= 0.6 is 11.3 Å². The van der Waals surface area contributed by atoms with Gasteiger partial charge in [-0.3, -0.25) is 0 Å². The predicted molar refractivity (Wildman–Crippen MR) is 108 cm³/mol. The smallest absolute Gasteiger partial charge is 0.345 e. The summed E-state index contributed by atoms with van der Waals surface area (Å²) in [6.07, 6.45) is -0.0945. The summed E-state index contributed by atoms with van der Waals surface area (Å²) in [5, 5.41) is 11.6. The second-order valence-electron chi connectivity index (χ2n) is 6.33. The van der Waals surface area contributed by atoms with Crippen molar-refractivity contribution in [2.24, 2.45) is 0 Å². The Labute approximate surface area is 166 Å². The van der Waals surface area contributed by atoms with E-state index >= 15 is 0 Å². The molecule has 4 rings (SSSR count). The molecule has 2 heterocycles. The van der Waals surface area contributed by atoms with Crippen molar-refractivity contribution < 1.29 is 19.4 Å². The zero-order valence-electron chi connectivity index (χ0n) is 15.5. The minimum absolute atomic E-state index is 0.0857. The molecular formula is C22H19NO4S. The van der Waals surface area contributed by atoms with E-state index in [2.05, 4.69) is 4.98 Å². The zero-order chi connectivity index (χ0) is 19.7. The van der Waals surface area contributed by atoms with Gasteiger partial charge in [0.15, 0.2) is 11.9 Å². The van der Waals surface area contributed by atoms with Gasteiger partial charge in [0.25, 0.3) is 0 Å². The number of aliphatic hydroxyl groups is 1. The molecule has 3 aromatic rings. The molecule has 0 saturated carbocycles. The molecule has 1 aliphatic rings. The number of carbonyl (C=O) groups excluding carboxylic acids is 1. The highest BCUT2D eigenvalue weighted by molar-refractivity contribution is 7.15. The number of carbonyl (C=O) groups is 1. The quantitative estimate of drug-likeness (QED) is 0.621. The maximum absolute atomic E-state index is 12.6. The minimum atomic E-state index is -0.792. The van der Waals surface area contributed by atoms with Gasteiger partial charge in [-0.05, 0) is 30.7 Å². The predicted octanol–water partition coefficient (Wildman–Crippen LogP) is 4.95. The third-order valence-electron chi connectivity index (χ3n) is 4.63. The molecule has 5 nitrogen and oxygen atoms in total. The summed E-state index contributed by atoms with van der Waals surface area (Å²) in [4.78, 5) is 18.2. The molecule has 142 valence electrons. The van der Waals surface area contributed by atoms with Crippen molar-refractivity contribution >= 4 is 22.9 Å². The van der Waals surface area contributed by atoms with Crippen LogP contribution in [0.1, 0.15) is 29.2 Å². The average Bonchev–Trinajstić information content (AvgIpc) is 3.28. The Morgan fingerprint density at radius 2 is 1.86 bits per heavy atom. The fourth-order valence-corrected chi connectivity index (χ4v) is 4.19. The van der Waals surface area contributed by atoms with Crippen LogP contribution in [-0.4, -0.2) is 23.2 Å². The van der Waals surface area contributed by atoms with Crippen molar-refractivity contribution in [1.29, 1.82) is 0 Å². The third kappa shape index (κ3) is 3.16. The van der Waals surface area contributed by atoms with Gasteiger partial charge in [-0.15, -0.1) is 11.3 Å². The first-order valence-corrected chi connectivity index (χ1v) is 9.77. The topological polar surface area (TPSA) is 68.7 Å². The van der Waals surface area contributed by atoms with Crippen molar-refractivity contribution in [2.45, 2.75) is 19.4 Å². The summed E-state index contributed by atoms with van der Waals surface area (Å²) in [7, 11) is 1.62. The number of hydrogen-bond donors (Lipinski definition) is 1. The number of aryl methyl sites for hydroxylation is 1. The van der Waals surface area contributed by atoms with Crippen LogP contribution in [0, 0.1) is 0 Å². The summed E-state index contributed by atoms with van der Waals surface area (Å²) in [6, 6.07) is 16.8. The molecule has 1 atom stereocenters. The summed E-state index contributed by atoms with van der Waals surface area (Å²) in [5.74, 6) is 0.131. The number of benzene rings is 2. The van der Waals surface area contributed by atoms with Crippen LogP contribution in [0.4, 0.5) is 0 Å². The number of aromatic nitrogens is 1. The first-order chi connectivity index (χ1) is 13.6. The highest BCUT2D eigenvalue weighted by atomic mass is 32.1. The van der Waals surface area contributed by atoms with Gasteiger partial charge in [0.2, 0.25) is 0 Å². The van der Waals surface area contributed by atoms with E-state index in [4.69, 9.17) is 9.47 Å². The molecule has 2 aromatic carbocycles. The van der Waals surface area contributed by atoms with E-state index in [0.717, 1.165) is 26.8 Å². The number of aliphatic hydroxyl groups excluding tert-OH is 1. The number of methoxy groups -OCH3 is 1. The van der Waals surface area contributed by atoms with E-state index in [1.165, 1.54) is 11.3 Å². The number of cyclic esters (lactones) is 1. The van der Waals surface area contributed by atoms with Crippen LogP contribution in [0.5, 0.6) is 5.75 Å². The first kappa shape index (κ1) is 18.3. The van der Waals surface area contributed by atoms with E-state index in [1.54, 1.807) is 7.11 Å². The molecule has 0 spiro atoms. The van der Waals surface area contributed by atoms with Crippen LogP contribution in [0.3, 0.4) is 0 Å². The molecule has 0 bridgehead atoms. The maximum Gasteiger partial charge on any atom is 0.345 e. The van der Waals surface area contributed by atoms with Crippen LogP contribution < -0.4 is 4.74 Å². The molecule has 28 heavy (non-hydrogen) atoms. The van der Waals surface area contributed by atoms with Crippen molar-refractivity contribution in [3.05, 3.63) is 76.5 Å². The van der Waals surface area contributed by atoms with Gasteiger partial charge in [-0.1, -0.05) is 37.3 Å². The lowest BCUT2D eigenvalue weighted by atomic mass is 10.0. The fourth-order valence-electron chi connectivity index (χ4n) is 3.17. The van der Waals surface area contributed by atoms with Gasteiger partial charge in [-0.2, -0.15) is 0 Å². The van der Waals surface area contributed by atoms with E-state index in [1.807, 2.05) is 61.5 Å². The Morgan fingerprint density at radius 1 is 1.14 bits per heavy atom. The number of rotatable bonds is 5. The van der Waals surface area contributed by atoms with Gasteiger partial charge in [0, 0.05) is 16.0 Å². The summed E-state index contributed by atoms with van der Waals surface area (Å²) < 4.78 is 10.7. The van der Waals surface area contributed by atoms with Crippen molar-refractivity contribution in [2.75, 3.05) is 7.11 Å². The summed E-state index contributed by atoms with van der Waals surface area (Å²) in [6.45, 7) is 2.00. The second-order valence-corrected chi connectivity index (χ2v) is 7.41. The normalized spacial score (nSPS) is 16.4. The monoisotopic (exact) mass is 393 g/mol. The Bertz CT molecular complexity index is 1040. The molecule has 1 unspecified atom stereocenters. The molecule has 1 aromatic heterocycles. The largest absolute Gasteiger partial charge is 0.507 e. The van der Waals surface area contributed by atoms with Crippen LogP contribution in [0.2, 0.25) is 0 Å². The first-order valence-electron chi connectivity index (χ1n) is 8.96. The Hall–Kier alpha value is -3.12. The fraction of sp³-hybridized carbons (Fsp3) is 0.182. The molecular weight excluding hydrogens is 374 g/mol. The number of nitrogens with zero attached hydrogens (tertiary/aromatic N) is 1. The minimum Gasteiger partial charge on any atom is -0.507 e. The Morgan fingerprint density at radius 3 is 2.50 bits per heavy atom. The lowest BCUT2D eigenvalue weighted by Crippen LogP contribution is -2.03. The highest BCUT2D eigenvalue weighted by Crippen LogP contribution is 2.41. The molecule has 0 amide bonds. The van der Waals surface area contributed by atoms with Crippen molar-refractivity contribution in [3.63, 3.8) is 0 Å². The van der Waals surface area contributed by atoms with Gasteiger partial charge in [-0.25, -0.2) is 9.78 Å². The van der Waals surface area contributed by atoms with E-state index in [0.29, 0.717) is 12.1 Å². The van der Waals surface area contributed by atoms with Crippen molar-refractivity contribution in [1.82, 2.24) is 4.98 Å². The average molecular weight is 393 g/mol. The molecule has 0 aliphatic carbocycles. The number of ether oxygens (including phenoxy) is 2. The molecule has 1 aliphatic heterocycles. The summed E-state index contributed by atoms with van der Waals surface area (Å²) >= 11 is 1.51. The van der Waals surface area contributed by atoms with E-state index in [-0.39, 0.29) is 11.3 Å². The molecule has 1 N–H and O–H groups in total. The number of thiazole rings is 1. The van der Waals surface area contributed by atoms with Crippen molar-refractivity contribution in [3.8, 4) is 16.3 Å². The van der Waals surface area contributed by atoms with Gasteiger partial charge in [0.05, 0.1) is 12.8 Å². The van der Waals surface area contributed by atoms with E-state index in [9.17, 15) is 9.90 Å². The van der Waals surface area contributed by atoms with Gasteiger partial charge < -0.3 is 14.6 Å².